The number of carboxylic acids is 1. The third kappa shape index (κ3) is 4.29. The van der Waals surface area contributed by atoms with Gasteiger partial charge in [-0.05, 0) is 62.1 Å². The highest BCUT2D eigenvalue weighted by molar-refractivity contribution is 5.82. The lowest BCUT2D eigenvalue weighted by molar-refractivity contribution is -0.147. The second kappa shape index (κ2) is 8.65. The molecule has 0 fully saturated rings. The largest absolute Gasteiger partial charge is 0.508 e. The van der Waals surface area contributed by atoms with Crippen LogP contribution in [0.2, 0.25) is 0 Å². The number of aromatic nitrogens is 4. The van der Waals surface area contributed by atoms with Crippen molar-refractivity contribution in [3.05, 3.63) is 58.6 Å². The fraction of sp³-hybridized carbons (Fsp3) is 0.346. The van der Waals surface area contributed by atoms with Gasteiger partial charge in [-0.3, -0.25) is 4.79 Å². The number of rotatable bonds is 7. The monoisotopic (exact) mass is 478 g/mol. The molecule has 0 aliphatic carbocycles. The first kappa shape index (κ1) is 24.1. The molecule has 0 aliphatic rings. The first-order chi connectivity index (χ1) is 16.4. The van der Waals surface area contributed by atoms with E-state index in [1.165, 1.54) is 15.3 Å². The molecule has 0 spiro atoms. The SMILES string of the molecule is CC(C)c1cc(-c2nn(CCC(C)(C)C(=O)O)c(=O)n2-c2ccc3c(ccn3C)c2)c(O)cc1O. The van der Waals surface area contributed by atoms with Gasteiger partial charge in [0.15, 0.2) is 5.82 Å². The van der Waals surface area contributed by atoms with E-state index in [2.05, 4.69) is 5.10 Å². The Balaban J connectivity index is 1.93. The van der Waals surface area contributed by atoms with Crippen LogP contribution in [0.3, 0.4) is 0 Å². The quantitative estimate of drug-likeness (QED) is 0.365. The van der Waals surface area contributed by atoms with Crippen LogP contribution in [0.1, 0.15) is 45.6 Å². The van der Waals surface area contributed by atoms with Gasteiger partial charge in [-0.15, -0.1) is 5.10 Å². The summed E-state index contributed by atoms with van der Waals surface area (Å²) in [6.07, 6.45) is 2.12. The van der Waals surface area contributed by atoms with Crippen molar-refractivity contribution in [2.75, 3.05) is 0 Å². The molecule has 4 rings (SSSR count). The van der Waals surface area contributed by atoms with Gasteiger partial charge in [0.25, 0.3) is 0 Å². The fourth-order valence-corrected chi connectivity index (χ4v) is 4.10. The summed E-state index contributed by atoms with van der Waals surface area (Å²) in [7, 11) is 1.93. The fourth-order valence-electron chi connectivity index (χ4n) is 4.10. The van der Waals surface area contributed by atoms with Crippen molar-refractivity contribution >= 4 is 16.9 Å². The highest BCUT2D eigenvalue weighted by Gasteiger charge is 2.28. The highest BCUT2D eigenvalue weighted by Crippen LogP contribution is 2.37. The van der Waals surface area contributed by atoms with E-state index < -0.39 is 17.1 Å². The number of hydrogen-bond donors (Lipinski definition) is 3. The molecule has 4 aromatic rings. The van der Waals surface area contributed by atoms with Gasteiger partial charge in [-0.25, -0.2) is 14.0 Å². The van der Waals surface area contributed by atoms with Crippen LogP contribution in [0.25, 0.3) is 28.0 Å². The van der Waals surface area contributed by atoms with Crippen molar-refractivity contribution in [1.82, 2.24) is 18.9 Å². The summed E-state index contributed by atoms with van der Waals surface area (Å²) in [5, 5.41) is 36.0. The molecule has 0 radical (unpaired) electrons. The van der Waals surface area contributed by atoms with Crippen LogP contribution in [0, 0.1) is 5.41 Å². The third-order valence-electron chi connectivity index (χ3n) is 6.50. The third-order valence-corrected chi connectivity index (χ3v) is 6.50. The number of hydrogen-bond acceptors (Lipinski definition) is 5. The van der Waals surface area contributed by atoms with E-state index in [4.69, 9.17) is 0 Å². The number of aliphatic carboxylic acids is 1. The number of phenolic OH excluding ortho intramolecular Hbond substituents is 2. The van der Waals surface area contributed by atoms with Crippen molar-refractivity contribution in [3.63, 3.8) is 0 Å². The minimum atomic E-state index is -1.04. The van der Waals surface area contributed by atoms with Crippen LogP contribution < -0.4 is 5.69 Å². The summed E-state index contributed by atoms with van der Waals surface area (Å²) in [5.74, 6) is -1.04. The van der Waals surface area contributed by atoms with Crippen molar-refractivity contribution in [2.45, 2.75) is 46.6 Å². The summed E-state index contributed by atoms with van der Waals surface area (Å²) in [6.45, 7) is 7.12. The van der Waals surface area contributed by atoms with Gasteiger partial charge < -0.3 is 19.9 Å². The number of nitrogens with zero attached hydrogens (tertiary/aromatic N) is 4. The number of aromatic hydroxyl groups is 2. The molecular formula is C26H30N4O5. The molecule has 35 heavy (non-hydrogen) atoms. The number of fused-ring (bicyclic) bond motifs is 1. The van der Waals surface area contributed by atoms with Crippen molar-refractivity contribution < 1.29 is 20.1 Å². The van der Waals surface area contributed by atoms with Crippen LogP contribution in [0.4, 0.5) is 0 Å². The summed E-state index contributed by atoms with van der Waals surface area (Å²) in [4.78, 5) is 25.1. The Bertz CT molecular complexity index is 1490. The van der Waals surface area contributed by atoms with Gasteiger partial charge in [0.05, 0.1) is 16.7 Å². The van der Waals surface area contributed by atoms with E-state index in [0.717, 1.165) is 10.9 Å². The molecule has 2 aromatic heterocycles. The van der Waals surface area contributed by atoms with Crippen LogP contribution in [-0.4, -0.2) is 40.2 Å². The molecule has 3 N–H and O–H groups in total. The maximum Gasteiger partial charge on any atom is 0.350 e. The Kier molecular flexibility index (Phi) is 5.96. The van der Waals surface area contributed by atoms with Gasteiger partial charge in [0.1, 0.15) is 11.5 Å². The van der Waals surface area contributed by atoms with Crippen LogP contribution in [0.15, 0.2) is 47.4 Å². The van der Waals surface area contributed by atoms with E-state index in [9.17, 15) is 24.9 Å². The Morgan fingerprint density at radius 1 is 1.09 bits per heavy atom. The highest BCUT2D eigenvalue weighted by atomic mass is 16.4. The standard InChI is InChI=1S/C26H30N4O5/c1-15(2)18-13-19(22(32)14-21(18)31)23-27-29(11-9-26(3,4)24(33)34)25(35)30(23)17-6-7-20-16(12-17)8-10-28(20)5/h6-8,10,12-15,31-32H,9,11H2,1-5H3,(H,33,34). The van der Waals surface area contributed by atoms with E-state index in [1.807, 2.05) is 49.9 Å². The predicted molar refractivity (Wildman–Crippen MR) is 133 cm³/mol. The molecule has 9 nitrogen and oxygen atoms in total. The topological polar surface area (TPSA) is 123 Å². The molecule has 2 heterocycles. The summed E-state index contributed by atoms with van der Waals surface area (Å²) in [5.41, 5.74) is 0.970. The summed E-state index contributed by atoms with van der Waals surface area (Å²) < 4.78 is 4.62. The average molecular weight is 479 g/mol. The van der Waals surface area contributed by atoms with Crippen LogP contribution in [0.5, 0.6) is 11.5 Å². The van der Waals surface area contributed by atoms with E-state index >= 15 is 0 Å². The first-order valence-corrected chi connectivity index (χ1v) is 11.5. The summed E-state index contributed by atoms with van der Waals surface area (Å²) in [6, 6.07) is 10.4. The lowest BCUT2D eigenvalue weighted by atomic mass is 9.90. The number of carboxylic acid groups (broad SMARTS) is 1. The molecule has 0 aliphatic heterocycles. The van der Waals surface area contributed by atoms with Gasteiger partial charge in [0, 0.05) is 36.8 Å². The number of carbonyl (C=O) groups is 1. The zero-order chi connectivity index (χ0) is 25.7. The first-order valence-electron chi connectivity index (χ1n) is 11.5. The molecule has 0 amide bonds. The van der Waals surface area contributed by atoms with E-state index in [-0.39, 0.29) is 36.2 Å². The minimum Gasteiger partial charge on any atom is -0.508 e. The van der Waals surface area contributed by atoms with Crippen LogP contribution in [-0.2, 0) is 18.4 Å². The minimum absolute atomic E-state index is 0.0337. The lowest BCUT2D eigenvalue weighted by Gasteiger charge is -2.18. The smallest absolute Gasteiger partial charge is 0.350 e. The van der Waals surface area contributed by atoms with Gasteiger partial charge in [0.2, 0.25) is 0 Å². The van der Waals surface area contributed by atoms with Crippen molar-refractivity contribution in [3.8, 4) is 28.6 Å². The molecule has 0 unspecified atom stereocenters. The molecule has 184 valence electrons. The van der Waals surface area contributed by atoms with Gasteiger partial charge in [-0.1, -0.05) is 13.8 Å². The van der Waals surface area contributed by atoms with Crippen molar-refractivity contribution in [1.29, 1.82) is 0 Å². The number of aryl methyl sites for hydroxylation is 2. The Morgan fingerprint density at radius 2 is 1.80 bits per heavy atom. The second-order valence-corrected chi connectivity index (χ2v) is 9.86. The van der Waals surface area contributed by atoms with E-state index in [0.29, 0.717) is 16.8 Å². The summed E-state index contributed by atoms with van der Waals surface area (Å²) >= 11 is 0. The maximum atomic E-state index is 13.6. The average Bonchev–Trinajstić information content (AvgIpc) is 3.31. The molecule has 0 saturated carbocycles. The normalized spacial score (nSPS) is 12.1. The molecule has 0 saturated heterocycles. The van der Waals surface area contributed by atoms with Gasteiger partial charge >= 0.3 is 11.7 Å². The number of phenols is 2. The zero-order valence-corrected chi connectivity index (χ0v) is 20.5. The van der Waals surface area contributed by atoms with Crippen molar-refractivity contribution in [2.24, 2.45) is 12.5 Å². The zero-order valence-electron chi connectivity index (χ0n) is 20.5. The van der Waals surface area contributed by atoms with Crippen LogP contribution >= 0.6 is 0 Å². The molecule has 9 heteroatoms. The lowest BCUT2D eigenvalue weighted by Crippen LogP contribution is -2.29. The Labute approximate surface area is 202 Å². The predicted octanol–water partition coefficient (Wildman–Crippen LogP) is 4.23. The molecular weight excluding hydrogens is 448 g/mol. The van der Waals surface area contributed by atoms with E-state index in [1.54, 1.807) is 26.0 Å². The molecule has 0 atom stereocenters. The Morgan fingerprint density at radius 3 is 2.46 bits per heavy atom. The number of benzene rings is 2. The molecule has 0 bridgehead atoms. The maximum absolute atomic E-state index is 13.6. The van der Waals surface area contributed by atoms with Gasteiger partial charge in [-0.2, -0.15) is 0 Å². The Hall–Kier alpha value is -4.01. The molecule has 2 aromatic carbocycles. The second-order valence-electron chi connectivity index (χ2n) is 9.86.